The van der Waals surface area contributed by atoms with Gasteiger partial charge in [0.15, 0.2) is 0 Å². The number of non-ortho nitro benzene ring substituents is 1. The quantitative estimate of drug-likeness (QED) is 0.239. The molecule has 11 heteroatoms. The number of hydrogen-bond acceptors (Lipinski definition) is 7. The predicted octanol–water partition coefficient (Wildman–Crippen LogP) is 3.46. The van der Waals surface area contributed by atoms with Gasteiger partial charge in [0, 0.05) is 38.0 Å². The fourth-order valence-corrected chi connectivity index (χ4v) is 2.81. The maximum atomic E-state index is 10.7. The molecule has 1 aromatic heterocycles. The van der Waals surface area contributed by atoms with Crippen LogP contribution in [0.25, 0.3) is 0 Å². The lowest BCUT2D eigenvalue weighted by molar-refractivity contribution is -0.384. The van der Waals surface area contributed by atoms with Crippen LogP contribution in [-0.2, 0) is 7.05 Å². The summed E-state index contributed by atoms with van der Waals surface area (Å²) in [6.45, 7) is 6.16. The third-order valence-electron chi connectivity index (χ3n) is 4.54. The molecule has 0 saturated heterocycles. The standard InChI is InChI=1S/C20H23N9O2/c1-4-27(5-2)18-10-6-16(7-11-18)14-21-28-15-22-26(3)20(28)24-25-23-17-8-12-19(13-9-17)29(30)31/h6-15H,4-5H2,1-3H3/b21-14+,24-20-,25-23?. The van der Waals surface area contributed by atoms with E-state index in [9.17, 15) is 10.1 Å². The van der Waals surface area contributed by atoms with Gasteiger partial charge < -0.3 is 4.90 Å². The van der Waals surface area contributed by atoms with E-state index in [1.807, 2.05) is 12.1 Å². The summed E-state index contributed by atoms with van der Waals surface area (Å²) >= 11 is 0. The molecule has 0 aliphatic heterocycles. The molecular weight excluding hydrogens is 398 g/mol. The van der Waals surface area contributed by atoms with E-state index >= 15 is 0 Å². The second-order valence-corrected chi connectivity index (χ2v) is 6.47. The molecule has 0 fully saturated rings. The highest BCUT2D eigenvalue weighted by atomic mass is 16.6. The SMILES string of the molecule is CCN(CC)c1ccc(/C=N/n2cnn(C)/c2=N/N=Nc2ccc([N+](=O)[O-])cc2)cc1. The van der Waals surface area contributed by atoms with Gasteiger partial charge in [-0.2, -0.15) is 14.9 Å². The maximum Gasteiger partial charge on any atom is 0.270 e. The summed E-state index contributed by atoms with van der Waals surface area (Å²) in [6, 6.07) is 13.8. The normalized spacial score (nSPS) is 12.2. The number of aryl methyl sites for hydroxylation is 1. The van der Waals surface area contributed by atoms with Crippen molar-refractivity contribution in [2.75, 3.05) is 18.0 Å². The summed E-state index contributed by atoms with van der Waals surface area (Å²) in [4.78, 5) is 12.5. The first kappa shape index (κ1) is 21.6. The van der Waals surface area contributed by atoms with Gasteiger partial charge in [-0.25, -0.2) is 4.68 Å². The smallest absolute Gasteiger partial charge is 0.270 e. The molecule has 0 radical (unpaired) electrons. The van der Waals surface area contributed by atoms with E-state index in [0.29, 0.717) is 11.3 Å². The number of benzene rings is 2. The van der Waals surface area contributed by atoms with E-state index in [0.717, 1.165) is 18.7 Å². The van der Waals surface area contributed by atoms with Gasteiger partial charge in [-0.3, -0.25) is 10.1 Å². The minimum atomic E-state index is -0.473. The van der Waals surface area contributed by atoms with Crippen molar-refractivity contribution in [2.24, 2.45) is 27.6 Å². The summed E-state index contributed by atoms with van der Waals surface area (Å²) in [6.07, 6.45) is 3.22. The maximum absolute atomic E-state index is 10.7. The Balaban J connectivity index is 1.76. The molecule has 0 aliphatic carbocycles. The molecule has 0 saturated carbocycles. The van der Waals surface area contributed by atoms with Gasteiger partial charge >= 0.3 is 0 Å². The number of anilines is 1. The molecule has 2 aromatic carbocycles. The molecule has 3 aromatic rings. The number of nitro benzene ring substituents is 1. The molecule has 11 nitrogen and oxygen atoms in total. The van der Waals surface area contributed by atoms with Crippen molar-refractivity contribution in [1.82, 2.24) is 14.5 Å². The van der Waals surface area contributed by atoms with E-state index in [1.54, 1.807) is 13.3 Å². The Morgan fingerprint density at radius 3 is 2.39 bits per heavy atom. The minimum Gasteiger partial charge on any atom is -0.372 e. The molecule has 0 unspecified atom stereocenters. The summed E-state index contributed by atoms with van der Waals surface area (Å²) < 4.78 is 2.99. The number of nitrogens with zero attached hydrogens (tertiary/aromatic N) is 9. The van der Waals surface area contributed by atoms with E-state index in [-0.39, 0.29) is 5.69 Å². The van der Waals surface area contributed by atoms with Gasteiger partial charge in [-0.05, 0) is 48.9 Å². The molecule has 0 N–H and O–H groups in total. The number of aromatic nitrogens is 3. The Morgan fingerprint density at radius 2 is 1.77 bits per heavy atom. The van der Waals surface area contributed by atoms with Gasteiger partial charge in [-0.15, -0.1) is 5.11 Å². The first-order valence-corrected chi connectivity index (χ1v) is 9.71. The van der Waals surface area contributed by atoms with Crippen LogP contribution in [0.3, 0.4) is 0 Å². The molecule has 0 atom stereocenters. The highest BCUT2D eigenvalue weighted by Gasteiger charge is 2.03. The van der Waals surface area contributed by atoms with Gasteiger partial charge in [0.25, 0.3) is 11.3 Å². The van der Waals surface area contributed by atoms with E-state index in [2.05, 4.69) is 56.5 Å². The van der Waals surface area contributed by atoms with Crippen molar-refractivity contribution in [3.63, 3.8) is 0 Å². The third-order valence-corrected chi connectivity index (χ3v) is 4.54. The number of hydrogen-bond donors (Lipinski definition) is 0. The topological polar surface area (TPSA) is 119 Å². The molecule has 1 heterocycles. The minimum absolute atomic E-state index is 0.0140. The van der Waals surface area contributed by atoms with Gasteiger partial charge in [0.05, 0.1) is 16.8 Å². The van der Waals surface area contributed by atoms with E-state index in [1.165, 1.54) is 45.6 Å². The molecule has 160 valence electrons. The summed E-state index contributed by atoms with van der Waals surface area (Å²) in [5.74, 6) is 0. The Morgan fingerprint density at radius 1 is 1.10 bits per heavy atom. The molecular formula is C20H23N9O2. The highest BCUT2D eigenvalue weighted by molar-refractivity contribution is 5.80. The average molecular weight is 421 g/mol. The first-order valence-electron chi connectivity index (χ1n) is 9.71. The molecule has 31 heavy (non-hydrogen) atoms. The van der Waals surface area contributed by atoms with E-state index in [4.69, 9.17) is 0 Å². The largest absolute Gasteiger partial charge is 0.372 e. The second kappa shape index (κ2) is 10.1. The molecule has 0 bridgehead atoms. The van der Waals surface area contributed by atoms with Crippen LogP contribution in [0.1, 0.15) is 19.4 Å². The zero-order chi connectivity index (χ0) is 22.2. The lowest BCUT2D eigenvalue weighted by Gasteiger charge is -2.20. The van der Waals surface area contributed by atoms with Gasteiger partial charge in [0.2, 0.25) is 0 Å². The molecule has 3 rings (SSSR count). The van der Waals surface area contributed by atoms with Crippen molar-refractivity contribution in [3.05, 3.63) is 76.2 Å². The van der Waals surface area contributed by atoms with Crippen LogP contribution >= 0.6 is 0 Å². The van der Waals surface area contributed by atoms with Gasteiger partial charge in [-0.1, -0.05) is 17.2 Å². The lowest BCUT2D eigenvalue weighted by Crippen LogP contribution is -2.22. The summed E-state index contributed by atoms with van der Waals surface area (Å²) in [5, 5.41) is 31.0. The highest BCUT2D eigenvalue weighted by Crippen LogP contribution is 2.18. The van der Waals surface area contributed by atoms with Crippen molar-refractivity contribution in [2.45, 2.75) is 13.8 Å². The number of nitro groups is 1. The molecule has 0 spiro atoms. The number of rotatable bonds is 8. The fourth-order valence-electron chi connectivity index (χ4n) is 2.81. The molecule has 0 aliphatic rings. The van der Waals surface area contributed by atoms with Crippen molar-refractivity contribution in [3.8, 4) is 0 Å². The van der Waals surface area contributed by atoms with Crippen molar-refractivity contribution in [1.29, 1.82) is 0 Å². The lowest BCUT2D eigenvalue weighted by atomic mass is 10.2. The predicted molar refractivity (Wildman–Crippen MR) is 117 cm³/mol. The third kappa shape index (κ3) is 5.47. The zero-order valence-corrected chi connectivity index (χ0v) is 17.5. The van der Waals surface area contributed by atoms with Crippen LogP contribution in [-0.4, -0.2) is 38.7 Å². The van der Waals surface area contributed by atoms with Crippen LogP contribution < -0.4 is 10.5 Å². The Bertz CT molecular complexity index is 1140. The average Bonchev–Trinajstić information content (AvgIpc) is 3.14. The van der Waals surface area contributed by atoms with Crippen LogP contribution in [0, 0.1) is 10.1 Å². The van der Waals surface area contributed by atoms with Crippen LogP contribution in [0.5, 0.6) is 0 Å². The Kier molecular flexibility index (Phi) is 6.99. The van der Waals surface area contributed by atoms with Crippen LogP contribution in [0.2, 0.25) is 0 Å². The summed E-state index contributed by atoms with van der Waals surface area (Å²) in [5.41, 5.74) is 2.89. The monoisotopic (exact) mass is 421 g/mol. The van der Waals surface area contributed by atoms with Crippen molar-refractivity contribution < 1.29 is 4.92 Å². The zero-order valence-electron chi connectivity index (χ0n) is 17.5. The fraction of sp³-hybridized carbons (Fsp3) is 0.250. The van der Waals surface area contributed by atoms with E-state index < -0.39 is 4.92 Å². The second-order valence-electron chi connectivity index (χ2n) is 6.47. The van der Waals surface area contributed by atoms with Crippen LogP contribution in [0.4, 0.5) is 17.1 Å². The Hall–Kier alpha value is -4.15. The Labute approximate surface area is 178 Å². The summed E-state index contributed by atoms with van der Waals surface area (Å²) in [7, 11) is 1.71. The van der Waals surface area contributed by atoms with Crippen LogP contribution in [0.15, 0.2) is 75.4 Å². The first-order chi connectivity index (χ1) is 15.0. The van der Waals surface area contributed by atoms with Crippen molar-refractivity contribution >= 4 is 23.3 Å². The van der Waals surface area contributed by atoms with Gasteiger partial charge in [0.1, 0.15) is 6.33 Å². The molecule has 0 amide bonds.